The van der Waals surface area contributed by atoms with Crippen LogP contribution in [-0.4, -0.2) is 29.7 Å². The number of amidine groups is 1. The number of nitrogens with one attached hydrogen (secondary N) is 1. The van der Waals surface area contributed by atoms with Crippen molar-refractivity contribution in [3.63, 3.8) is 0 Å². The van der Waals surface area contributed by atoms with Gasteiger partial charge in [-0.15, -0.1) is 5.92 Å². The van der Waals surface area contributed by atoms with Gasteiger partial charge in [0, 0.05) is 36.0 Å². The molecule has 4 rings (SSSR count). The first kappa shape index (κ1) is 22.2. The highest BCUT2D eigenvalue weighted by atomic mass is 16.5. The van der Waals surface area contributed by atoms with Gasteiger partial charge in [0.15, 0.2) is 0 Å². The molecule has 2 aromatic rings. The Morgan fingerprint density at radius 1 is 1.22 bits per heavy atom. The number of pyridine rings is 1. The van der Waals surface area contributed by atoms with Gasteiger partial charge in [-0.3, -0.25) is 9.98 Å². The van der Waals surface area contributed by atoms with Crippen LogP contribution in [0.1, 0.15) is 63.1 Å². The number of nitrogens with two attached hydrogens (primary N) is 1. The highest BCUT2D eigenvalue weighted by molar-refractivity contribution is 6.38. The van der Waals surface area contributed by atoms with Crippen molar-refractivity contribution in [3.8, 4) is 23.0 Å². The molecule has 0 radical (unpaired) electrons. The zero-order chi connectivity index (χ0) is 22.9. The van der Waals surface area contributed by atoms with Crippen molar-refractivity contribution < 1.29 is 4.74 Å². The summed E-state index contributed by atoms with van der Waals surface area (Å²) < 4.78 is 5.65. The van der Waals surface area contributed by atoms with Gasteiger partial charge in [0.25, 0.3) is 0 Å². The Bertz CT molecular complexity index is 1130. The monoisotopic (exact) mass is 428 g/mol. The van der Waals surface area contributed by atoms with Crippen LogP contribution < -0.4 is 5.73 Å². The number of hydrogen-bond acceptors (Lipinski definition) is 4. The number of rotatable bonds is 4. The number of aliphatic imine (C=N–C) groups is 1. The van der Waals surface area contributed by atoms with Gasteiger partial charge in [-0.1, -0.05) is 18.1 Å². The molecule has 2 aliphatic carbocycles. The lowest BCUT2D eigenvalue weighted by molar-refractivity contribution is 0.00131. The predicted octanol–water partition coefficient (Wildman–Crippen LogP) is 4.86. The minimum Gasteiger partial charge on any atom is -0.382 e. The average Bonchev–Trinajstić information content (AvgIpc) is 3.01. The van der Waals surface area contributed by atoms with Crippen LogP contribution in [-0.2, 0) is 16.7 Å². The van der Waals surface area contributed by atoms with Gasteiger partial charge in [0.1, 0.15) is 5.84 Å². The van der Waals surface area contributed by atoms with Crippen LogP contribution in [0.2, 0.25) is 0 Å². The Morgan fingerprint density at radius 3 is 2.62 bits per heavy atom. The summed E-state index contributed by atoms with van der Waals surface area (Å²) in [6.45, 7) is 5.75. The van der Waals surface area contributed by atoms with Crippen molar-refractivity contribution in [2.24, 2.45) is 16.1 Å². The minimum atomic E-state index is -0.488. The largest absolute Gasteiger partial charge is 0.382 e. The smallest absolute Gasteiger partial charge is 0.140 e. The molecule has 1 aromatic carbocycles. The molecular weight excluding hydrogens is 396 g/mol. The average molecular weight is 429 g/mol. The first-order valence-corrected chi connectivity index (χ1v) is 11.3. The molecule has 1 fully saturated rings. The van der Waals surface area contributed by atoms with Gasteiger partial charge >= 0.3 is 0 Å². The second-order valence-electron chi connectivity index (χ2n) is 9.30. The molecule has 1 saturated carbocycles. The molecule has 0 bridgehead atoms. The molecule has 0 amide bonds. The normalized spacial score (nSPS) is 27.0. The molecule has 1 aromatic heterocycles. The maximum Gasteiger partial charge on any atom is 0.140 e. The van der Waals surface area contributed by atoms with Gasteiger partial charge < -0.3 is 15.9 Å². The van der Waals surface area contributed by atoms with E-state index < -0.39 is 5.54 Å². The van der Waals surface area contributed by atoms with Crippen molar-refractivity contribution in [1.82, 2.24) is 4.98 Å². The van der Waals surface area contributed by atoms with Crippen molar-refractivity contribution in [1.29, 1.82) is 5.41 Å². The van der Waals surface area contributed by atoms with Crippen LogP contribution in [0.15, 0.2) is 41.7 Å². The van der Waals surface area contributed by atoms with Crippen molar-refractivity contribution in [2.45, 2.75) is 64.5 Å². The molecule has 1 atom stereocenters. The Labute approximate surface area is 191 Å². The Balaban J connectivity index is 1.83. The fraction of sp³-hybridized carbons (Fsp3) is 0.444. The topological polar surface area (TPSA) is 84.4 Å². The molecule has 3 N–H and O–H groups in total. The van der Waals surface area contributed by atoms with Crippen molar-refractivity contribution in [2.75, 3.05) is 7.11 Å². The van der Waals surface area contributed by atoms with E-state index in [-0.39, 0.29) is 5.41 Å². The lowest BCUT2D eigenvalue weighted by Gasteiger charge is -2.46. The third-order valence-corrected chi connectivity index (χ3v) is 7.49. The Morgan fingerprint density at radius 2 is 1.97 bits per heavy atom. The second kappa shape index (κ2) is 8.52. The van der Waals surface area contributed by atoms with Gasteiger partial charge in [-0.2, -0.15) is 0 Å². The van der Waals surface area contributed by atoms with Gasteiger partial charge in [-0.05, 0) is 81.7 Å². The Kier molecular flexibility index (Phi) is 5.92. The molecular formula is C27H32N4O. The Hall–Kier alpha value is -2.97. The molecule has 0 unspecified atom stereocenters. The summed E-state index contributed by atoms with van der Waals surface area (Å²) in [4.78, 5) is 9.44. The first-order valence-electron chi connectivity index (χ1n) is 11.3. The summed E-state index contributed by atoms with van der Waals surface area (Å²) in [5.41, 5.74) is 11.6. The molecule has 1 heterocycles. The summed E-state index contributed by atoms with van der Waals surface area (Å²) in [7, 11) is 1.80. The van der Waals surface area contributed by atoms with Crippen LogP contribution >= 0.6 is 0 Å². The number of methoxy groups -OCH3 is 1. The van der Waals surface area contributed by atoms with Crippen molar-refractivity contribution in [3.05, 3.63) is 53.3 Å². The SMILES string of the molecule is CC#Cc1cncc(-c2ccc3c(c2)[C@](C)(N=C(N)C(C)=N)C2(CCC(OC)CC2)C3)c1. The summed E-state index contributed by atoms with van der Waals surface area (Å²) in [5.74, 6) is 6.36. The van der Waals surface area contributed by atoms with E-state index in [2.05, 4.69) is 48.0 Å². The fourth-order valence-electron chi connectivity index (χ4n) is 5.54. The second-order valence-corrected chi connectivity index (χ2v) is 9.30. The maximum absolute atomic E-state index is 8.04. The molecule has 32 heavy (non-hydrogen) atoms. The quantitative estimate of drug-likeness (QED) is 0.414. The number of nitrogens with zero attached hydrogens (tertiary/aromatic N) is 2. The highest BCUT2D eigenvalue weighted by Gasteiger charge is 2.56. The summed E-state index contributed by atoms with van der Waals surface area (Å²) in [6.07, 6.45) is 9.06. The van der Waals surface area contributed by atoms with Crippen LogP contribution in [0.3, 0.4) is 0 Å². The molecule has 5 heteroatoms. The highest BCUT2D eigenvalue weighted by Crippen LogP contribution is 2.60. The first-order chi connectivity index (χ1) is 15.3. The van der Waals surface area contributed by atoms with Gasteiger partial charge in [-0.25, -0.2) is 0 Å². The van der Waals surface area contributed by atoms with Gasteiger partial charge in [0.05, 0.1) is 17.4 Å². The van der Waals surface area contributed by atoms with Crippen molar-refractivity contribution >= 4 is 11.5 Å². The van der Waals surface area contributed by atoms with Crippen LogP contribution in [0.5, 0.6) is 0 Å². The number of fused-ring (bicyclic) bond motifs is 1. The summed E-state index contributed by atoms with van der Waals surface area (Å²) in [6, 6.07) is 8.74. The fourth-order valence-corrected chi connectivity index (χ4v) is 5.54. The molecule has 1 spiro atoms. The third-order valence-electron chi connectivity index (χ3n) is 7.49. The summed E-state index contributed by atoms with van der Waals surface area (Å²) >= 11 is 0. The van der Waals surface area contributed by atoms with Crippen LogP contribution in [0.25, 0.3) is 11.1 Å². The van der Waals surface area contributed by atoms with Crippen LogP contribution in [0, 0.1) is 22.7 Å². The lowest BCUT2D eigenvalue weighted by atomic mass is 9.62. The van der Waals surface area contributed by atoms with E-state index in [4.69, 9.17) is 20.9 Å². The molecule has 2 aliphatic rings. The number of benzene rings is 1. The van der Waals surface area contributed by atoms with E-state index in [0.717, 1.165) is 48.8 Å². The maximum atomic E-state index is 8.04. The molecule has 0 aliphatic heterocycles. The molecule has 0 saturated heterocycles. The lowest BCUT2D eigenvalue weighted by Crippen LogP contribution is -2.44. The number of ether oxygens (including phenoxy) is 1. The number of hydrogen-bond donors (Lipinski definition) is 2. The minimum absolute atomic E-state index is 0.0170. The van der Waals surface area contributed by atoms with E-state index in [9.17, 15) is 0 Å². The van der Waals surface area contributed by atoms with E-state index in [1.165, 1.54) is 11.1 Å². The van der Waals surface area contributed by atoms with E-state index in [1.807, 2.05) is 13.1 Å². The molecule has 5 nitrogen and oxygen atoms in total. The zero-order valence-electron chi connectivity index (χ0n) is 19.5. The third kappa shape index (κ3) is 3.73. The predicted molar refractivity (Wildman–Crippen MR) is 130 cm³/mol. The van der Waals surface area contributed by atoms with Gasteiger partial charge in [0.2, 0.25) is 0 Å². The van der Waals surface area contributed by atoms with E-state index in [0.29, 0.717) is 17.7 Å². The summed E-state index contributed by atoms with van der Waals surface area (Å²) in [5, 5.41) is 8.04. The molecule has 166 valence electrons. The van der Waals surface area contributed by atoms with E-state index in [1.54, 1.807) is 20.2 Å². The van der Waals surface area contributed by atoms with Crippen LogP contribution in [0.4, 0.5) is 0 Å². The van der Waals surface area contributed by atoms with E-state index >= 15 is 0 Å². The standard InChI is InChI=1S/C27H32N4O/c1-5-6-19-13-22(17-30-16-19)20-7-8-21-15-27(11-9-23(32-4)10-12-27)26(3,24(21)14-20)31-25(29)18(2)28/h7-8,13-14,16-17,23,28H,9-12,15H2,1-4H3,(H2,29,31)/t23?,26-,27?/m0/s1. The number of aromatic nitrogens is 1. The zero-order valence-corrected chi connectivity index (χ0v) is 19.5.